The Morgan fingerprint density at radius 3 is 2.54 bits per heavy atom. The zero-order valence-electron chi connectivity index (χ0n) is 14.1. The van der Waals surface area contributed by atoms with Crippen molar-refractivity contribution in [3.05, 3.63) is 35.4 Å². The average Bonchev–Trinajstić information content (AvgIpc) is 2.55. The number of benzene rings is 1. The topological polar surface area (TPSA) is 99.1 Å². The summed E-state index contributed by atoms with van der Waals surface area (Å²) in [7, 11) is 1.24. The van der Waals surface area contributed by atoms with Crippen LogP contribution >= 0.6 is 0 Å². The Balaban J connectivity index is 2.29. The van der Waals surface area contributed by atoms with Crippen molar-refractivity contribution in [3.8, 4) is 0 Å². The summed E-state index contributed by atoms with van der Waals surface area (Å²) in [4.78, 5) is 25.2. The molecule has 0 aromatic heterocycles. The lowest BCUT2D eigenvalue weighted by Crippen LogP contribution is -2.65. The summed E-state index contributed by atoms with van der Waals surface area (Å²) in [5.74, 6) is -1.78. The van der Waals surface area contributed by atoms with Crippen molar-refractivity contribution in [3.63, 3.8) is 0 Å². The van der Waals surface area contributed by atoms with E-state index < -0.39 is 30.3 Å². The number of hydrogen-bond acceptors (Lipinski definition) is 6. The number of aryl methyl sites for hydroxylation is 1. The number of aliphatic hydroxyl groups is 2. The number of piperidine rings is 1. The molecule has 7 nitrogen and oxygen atoms in total. The first-order valence-electron chi connectivity index (χ1n) is 7.84. The Bertz CT molecular complexity index is 606. The van der Waals surface area contributed by atoms with E-state index in [-0.39, 0.29) is 12.5 Å². The van der Waals surface area contributed by atoms with Gasteiger partial charge in [-0.25, -0.2) is 0 Å². The van der Waals surface area contributed by atoms with Gasteiger partial charge in [-0.2, -0.15) is 0 Å². The Kier molecular flexibility index (Phi) is 5.93. The van der Waals surface area contributed by atoms with Gasteiger partial charge in [-0.1, -0.05) is 24.3 Å². The van der Waals surface area contributed by atoms with Crippen LogP contribution in [0.2, 0.25) is 0 Å². The second-order valence-electron chi connectivity index (χ2n) is 6.11. The molecule has 24 heavy (non-hydrogen) atoms. The maximum absolute atomic E-state index is 11.9. The third-order valence-corrected chi connectivity index (χ3v) is 4.40. The van der Waals surface area contributed by atoms with Crippen molar-refractivity contribution in [1.82, 2.24) is 10.2 Å². The second-order valence-corrected chi connectivity index (χ2v) is 6.11. The number of likely N-dealkylation sites (tertiary alicyclic amines) is 1. The standard InChI is InChI=1S/C17H24N2O5/c1-10-6-4-5-7-12(10)8-19-9-13(17(23)24-3)14(21)15(22)16(19)18-11(2)20/h4-7,13-16,21-22H,8-9H2,1-3H3,(H,18,20)/t13-,14-,15-,16-/m0/s1. The van der Waals surface area contributed by atoms with Crippen LogP contribution in [0, 0.1) is 12.8 Å². The zero-order valence-corrected chi connectivity index (χ0v) is 14.1. The minimum Gasteiger partial charge on any atom is -0.469 e. The smallest absolute Gasteiger partial charge is 0.312 e. The molecule has 0 spiro atoms. The second kappa shape index (κ2) is 7.74. The molecule has 1 aliphatic heterocycles. The van der Waals surface area contributed by atoms with Gasteiger partial charge in [0.05, 0.1) is 19.1 Å². The Morgan fingerprint density at radius 1 is 1.29 bits per heavy atom. The molecule has 0 aliphatic carbocycles. The fraction of sp³-hybridized carbons (Fsp3) is 0.529. The van der Waals surface area contributed by atoms with Gasteiger partial charge < -0.3 is 20.3 Å². The molecule has 132 valence electrons. The highest BCUT2D eigenvalue weighted by molar-refractivity contribution is 5.74. The number of amides is 1. The van der Waals surface area contributed by atoms with Gasteiger partial charge in [0.2, 0.25) is 5.91 Å². The molecule has 4 atom stereocenters. The molecule has 1 fully saturated rings. The van der Waals surface area contributed by atoms with Crippen LogP contribution in [-0.2, 0) is 20.9 Å². The highest BCUT2D eigenvalue weighted by Crippen LogP contribution is 2.25. The van der Waals surface area contributed by atoms with Gasteiger partial charge in [0.15, 0.2) is 0 Å². The van der Waals surface area contributed by atoms with Crippen LogP contribution in [0.5, 0.6) is 0 Å². The number of hydrogen-bond donors (Lipinski definition) is 3. The third-order valence-electron chi connectivity index (χ3n) is 4.40. The number of carbonyl (C=O) groups excluding carboxylic acids is 2. The van der Waals surface area contributed by atoms with Crippen LogP contribution in [0.3, 0.4) is 0 Å². The number of esters is 1. The quantitative estimate of drug-likeness (QED) is 0.658. The van der Waals surface area contributed by atoms with E-state index in [1.54, 1.807) is 4.90 Å². The first kappa shape index (κ1) is 18.4. The van der Waals surface area contributed by atoms with Crippen LogP contribution in [0.25, 0.3) is 0 Å². The van der Waals surface area contributed by atoms with Gasteiger partial charge in [0.25, 0.3) is 0 Å². The molecule has 0 bridgehead atoms. The molecule has 1 saturated heterocycles. The van der Waals surface area contributed by atoms with E-state index in [1.165, 1.54) is 14.0 Å². The minimum atomic E-state index is -1.30. The van der Waals surface area contributed by atoms with Gasteiger partial charge in [-0.05, 0) is 18.1 Å². The Labute approximate surface area is 141 Å². The number of nitrogens with one attached hydrogen (secondary N) is 1. The molecule has 0 radical (unpaired) electrons. The Hall–Kier alpha value is -1.96. The lowest BCUT2D eigenvalue weighted by molar-refractivity contribution is -0.168. The molecule has 1 aliphatic rings. The summed E-state index contributed by atoms with van der Waals surface area (Å²) in [6.45, 7) is 3.91. The number of aliphatic hydroxyl groups excluding tert-OH is 2. The molecule has 0 unspecified atom stereocenters. The number of carbonyl (C=O) groups is 2. The van der Waals surface area contributed by atoms with E-state index in [0.29, 0.717) is 6.54 Å². The van der Waals surface area contributed by atoms with E-state index in [9.17, 15) is 19.8 Å². The van der Waals surface area contributed by atoms with Gasteiger partial charge in [0.1, 0.15) is 12.3 Å². The van der Waals surface area contributed by atoms with Crippen LogP contribution in [0.15, 0.2) is 24.3 Å². The summed E-state index contributed by atoms with van der Waals surface area (Å²) in [6.07, 6.45) is -3.38. The number of nitrogens with zero attached hydrogens (tertiary/aromatic N) is 1. The first-order chi connectivity index (χ1) is 11.3. The number of rotatable bonds is 4. The third kappa shape index (κ3) is 3.92. The fourth-order valence-corrected chi connectivity index (χ4v) is 3.03. The summed E-state index contributed by atoms with van der Waals surface area (Å²) in [5.41, 5.74) is 2.08. The summed E-state index contributed by atoms with van der Waals surface area (Å²) in [6, 6.07) is 7.75. The van der Waals surface area contributed by atoms with E-state index in [2.05, 4.69) is 5.32 Å². The number of ether oxygens (including phenoxy) is 1. The fourth-order valence-electron chi connectivity index (χ4n) is 3.03. The number of methoxy groups -OCH3 is 1. The van der Waals surface area contributed by atoms with Gasteiger partial charge in [-0.15, -0.1) is 0 Å². The predicted molar refractivity (Wildman–Crippen MR) is 86.7 cm³/mol. The van der Waals surface area contributed by atoms with Gasteiger partial charge in [0, 0.05) is 20.0 Å². The first-order valence-corrected chi connectivity index (χ1v) is 7.84. The summed E-state index contributed by atoms with van der Waals surface area (Å²) in [5, 5.41) is 23.3. The van der Waals surface area contributed by atoms with Crippen LogP contribution in [-0.4, -0.2) is 59.0 Å². The summed E-state index contributed by atoms with van der Waals surface area (Å²) >= 11 is 0. The summed E-state index contributed by atoms with van der Waals surface area (Å²) < 4.78 is 4.72. The van der Waals surface area contributed by atoms with Crippen molar-refractivity contribution in [2.75, 3.05) is 13.7 Å². The van der Waals surface area contributed by atoms with Crippen LogP contribution < -0.4 is 5.32 Å². The lowest BCUT2D eigenvalue weighted by Gasteiger charge is -2.44. The van der Waals surface area contributed by atoms with Crippen molar-refractivity contribution in [2.24, 2.45) is 5.92 Å². The zero-order chi connectivity index (χ0) is 17.9. The molecule has 7 heteroatoms. The average molecular weight is 336 g/mol. The molecule has 0 saturated carbocycles. The van der Waals surface area contributed by atoms with E-state index in [4.69, 9.17) is 4.74 Å². The van der Waals surface area contributed by atoms with E-state index >= 15 is 0 Å². The van der Waals surface area contributed by atoms with Crippen molar-refractivity contribution < 1.29 is 24.5 Å². The molecule has 1 aromatic carbocycles. The molecule has 2 rings (SSSR count). The maximum atomic E-state index is 11.9. The van der Waals surface area contributed by atoms with Gasteiger partial charge >= 0.3 is 5.97 Å². The molecule has 3 N–H and O–H groups in total. The monoisotopic (exact) mass is 336 g/mol. The molecule has 1 heterocycles. The predicted octanol–water partition coefficient (Wildman–Crippen LogP) is -0.216. The molecular formula is C17H24N2O5. The Morgan fingerprint density at radius 2 is 1.96 bits per heavy atom. The van der Waals surface area contributed by atoms with Gasteiger partial charge in [-0.3, -0.25) is 14.5 Å². The van der Waals surface area contributed by atoms with E-state index in [0.717, 1.165) is 11.1 Å². The van der Waals surface area contributed by atoms with Crippen LogP contribution in [0.1, 0.15) is 18.1 Å². The molecule has 1 amide bonds. The normalized spacial score (nSPS) is 27.5. The SMILES string of the molecule is COC(=O)[C@H]1CN(Cc2ccccc2C)[C@H](NC(C)=O)[C@@H](O)[C@H]1O. The molecular weight excluding hydrogens is 312 g/mol. The van der Waals surface area contributed by atoms with Crippen LogP contribution in [0.4, 0.5) is 0 Å². The minimum absolute atomic E-state index is 0.171. The van der Waals surface area contributed by atoms with Crippen molar-refractivity contribution in [2.45, 2.75) is 38.8 Å². The lowest BCUT2D eigenvalue weighted by atomic mass is 9.89. The van der Waals surface area contributed by atoms with E-state index in [1.807, 2.05) is 31.2 Å². The van der Waals surface area contributed by atoms with Crippen molar-refractivity contribution in [1.29, 1.82) is 0 Å². The molecule has 1 aromatic rings. The maximum Gasteiger partial charge on any atom is 0.312 e. The van der Waals surface area contributed by atoms with Crippen molar-refractivity contribution >= 4 is 11.9 Å². The highest BCUT2D eigenvalue weighted by Gasteiger charge is 2.45. The highest BCUT2D eigenvalue weighted by atomic mass is 16.5. The largest absolute Gasteiger partial charge is 0.469 e.